The normalized spacial score (nSPS) is 8.41. The molecule has 0 spiro atoms. The highest BCUT2D eigenvalue weighted by Gasteiger charge is 1.99. The Hall–Kier alpha value is -1.08. The van der Waals surface area contributed by atoms with Gasteiger partial charge in [0.2, 0.25) is 0 Å². The highest BCUT2D eigenvalue weighted by molar-refractivity contribution is 5.33. The molecule has 0 fully saturated rings. The molecule has 1 nitrogen and oxygen atoms in total. The number of hydrogen-bond acceptors (Lipinski definition) is 1. The van der Waals surface area contributed by atoms with E-state index in [2.05, 4.69) is 38.6 Å². The monoisotopic (exact) mass is 235 g/mol. The van der Waals surface area contributed by atoms with E-state index in [-0.39, 0.29) is 0 Å². The molecule has 0 amide bonds. The van der Waals surface area contributed by atoms with E-state index in [1.807, 2.05) is 27.7 Å². The molecule has 98 valence electrons. The predicted molar refractivity (Wildman–Crippen MR) is 80.3 cm³/mol. The Morgan fingerprint density at radius 2 is 1.71 bits per heavy atom. The molecule has 0 aliphatic heterocycles. The Bertz CT molecular complexity index is 313. The average Bonchev–Trinajstić information content (AvgIpc) is 2.36. The van der Waals surface area contributed by atoms with Crippen LogP contribution in [0, 0.1) is 6.92 Å². The number of rotatable bonds is 3. The van der Waals surface area contributed by atoms with Crippen molar-refractivity contribution in [3.05, 3.63) is 47.0 Å². The van der Waals surface area contributed by atoms with Crippen LogP contribution in [0.2, 0.25) is 0 Å². The summed E-state index contributed by atoms with van der Waals surface area (Å²) in [6.07, 6.45) is 0.969. The first kappa shape index (κ1) is 18.3. The highest BCUT2D eigenvalue weighted by atomic mass is 14.5. The van der Waals surface area contributed by atoms with Crippen molar-refractivity contribution in [1.29, 1.82) is 0 Å². The molecular formula is C16H29N. The van der Waals surface area contributed by atoms with E-state index in [4.69, 9.17) is 5.73 Å². The molecule has 0 saturated heterocycles. The Labute approximate surface area is 108 Å². The number of aryl methyl sites for hydroxylation is 1. The molecule has 2 N–H and O–H groups in total. The fourth-order valence-corrected chi connectivity index (χ4v) is 1.41. The summed E-state index contributed by atoms with van der Waals surface area (Å²) < 4.78 is 0. The third-order valence-corrected chi connectivity index (χ3v) is 2.13. The van der Waals surface area contributed by atoms with Crippen LogP contribution in [-0.4, -0.2) is 0 Å². The lowest BCUT2D eigenvalue weighted by Gasteiger charge is -2.07. The van der Waals surface area contributed by atoms with Crippen molar-refractivity contribution >= 4 is 0 Å². The Balaban J connectivity index is 0. The van der Waals surface area contributed by atoms with Gasteiger partial charge in [-0.25, -0.2) is 0 Å². The summed E-state index contributed by atoms with van der Waals surface area (Å²) >= 11 is 0. The van der Waals surface area contributed by atoms with E-state index in [0.29, 0.717) is 6.54 Å². The van der Waals surface area contributed by atoms with E-state index in [1.165, 1.54) is 22.3 Å². The van der Waals surface area contributed by atoms with Crippen LogP contribution >= 0.6 is 0 Å². The largest absolute Gasteiger partial charge is 0.326 e. The molecule has 0 atom stereocenters. The van der Waals surface area contributed by atoms with Crippen molar-refractivity contribution in [1.82, 2.24) is 0 Å². The van der Waals surface area contributed by atoms with Crippen LogP contribution in [0.25, 0.3) is 0 Å². The van der Waals surface area contributed by atoms with Gasteiger partial charge in [-0.3, -0.25) is 0 Å². The summed E-state index contributed by atoms with van der Waals surface area (Å²) in [5, 5.41) is 0. The first-order chi connectivity index (χ1) is 8.13. The average molecular weight is 235 g/mol. The van der Waals surface area contributed by atoms with Gasteiger partial charge in [-0.1, -0.05) is 58.0 Å². The van der Waals surface area contributed by atoms with Gasteiger partial charge in [0.1, 0.15) is 0 Å². The fraction of sp³-hybridized carbons (Fsp3) is 0.500. The van der Waals surface area contributed by atoms with Crippen molar-refractivity contribution in [3.8, 4) is 0 Å². The van der Waals surface area contributed by atoms with E-state index in [0.717, 1.165) is 6.42 Å². The van der Waals surface area contributed by atoms with Gasteiger partial charge in [0, 0.05) is 6.54 Å². The molecule has 0 aromatic heterocycles. The zero-order chi connectivity index (χ0) is 13.8. The molecule has 1 aromatic rings. The number of hydrogen-bond donors (Lipinski definition) is 1. The minimum absolute atomic E-state index is 0.619. The van der Waals surface area contributed by atoms with Crippen molar-refractivity contribution in [3.63, 3.8) is 0 Å². The summed E-state index contributed by atoms with van der Waals surface area (Å²) in [6, 6.07) is 6.38. The minimum atomic E-state index is 0.619. The van der Waals surface area contributed by atoms with Crippen molar-refractivity contribution < 1.29 is 0 Å². The van der Waals surface area contributed by atoms with E-state index in [1.54, 1.807) is 0 Å². The van der Waals surface area contributed by atoms with Gasteiger partial charge in [0.25, 0.3) is 0 Å². The molecule has 17 heavy (non-hydrogen) atoms. The van der Waals surface area contributed by atoms with Crippen molar-refractivity contribution in [2.75, 3.05) is 0 Å². The molecule has 1 aromatic carbocycles. The number of nitrogens with two attached hydrogens (primary N) is 1. The fourth-order valence-electron chi connectivity index (χ4n) is 1.41. The van der Waals surface area contributed by atoms with Crippen LogP contribution in [0.15, 0.2) is 30.4 Å². The minimum Gasteiger partial charge on any atom is -0.326 e. The second-order valence-corrected chi connectivity index (χ2v) is 3.60. The molecule has 0 unspecified atom stereocenters. The van der Waals surface area contributed by atoms with Crippen LogP contribution < -0.4 is 5.73 Å². The Morgan fingerprint density at radius 1 is 1.18 bits per heavy atom. The SMILES string of the molecule is C=C(C)Cc1ccc(CN)cc1C.CC.CC. The van der Waals surface area contributed by atoms with Crippen molar-refractivity contribution in [2.24, 2.45) is 5.73 Å². The van der Waals surface area contributed by atoms with Crippen LogP contribution in [-0.2, 0) is 13.0 Å². The topological polar surface area (TPSA) is 26.0 Å². The Kier molecular flexibility index (Phi) is 12.3. The maximum atomic E-state index is 5.55. The molecule has 1 heteroatoms. The van der Waals surface area contributed by atoms with E-state index in [9.17, 15) is 0 Å². The van der Waals surface area contributed by atoms with Gasteiger partial charge in [-0.05, 0) is 37.0 Å². The second-order valence-electron chi connectivity index (χ2n) is 3.60. The lowest BCUT2D eigenvalue weighted by atomic mass is 10.00. The van der Waals surface area contributed by atoms with Gasteiger partial charge in [-0.15, -0.1) is 0 Å². The standard InChI is InChI=1S/C12H17N.2C2H6/c1-9(2)6-12-5-4-11(8-13)7-10(12)3;2*1-2/h4-5,7H,1,6,8,13H2,2-3H3;2*1-2H3. The summed E-state index contributed by atoms with van der Waals surface area (Å²) in [5.41, 5.74) is 10.6. The molecule has 0 aliphatic carbocycles. The lowest BCUT2D eigenvalue weighted by Crippen LogP contribution is -1.98. The maximum absolute atomic E-state index is 5.55. The van der Waals surface area contributed by atoms with Gasteiger partial charge in [-0.2, -0.15) is 0 Å². The first-order valence-corrected chi connectivity index (χ1v) is 6.56. The predicted octanol–water partition coefficient (Wildman–Crippen LogP) is 4.62. The molecule has 0 bridgehead atoms. The third-order valence-electron chi connectivity index (χ3n) is 2.13. The first-order valence-electron chi connectivity index (χ1n) is 6.56. The Morgan fingerprint density at radius 3 is 2.06 bits per heavy atom. The molecule has 0 heterocycles. The van der Waals surface area contributed by atoms with E-state index >= 15 is 0 Å². The second kappa shape index (κ2) is 11.4. The zero-order valence-corrected chi connectivity index (χ0v) is 12.4. The molecule has 0 aliphatic rings. The summed E-state index contributed by atoms with van der Waals surface area (Å²) in [4.78, 5) is 0. The smallest absolute Gasteiger partial charge is 0.0178 e. The number of allylic oxidation sites excluding steroid dienone is 1. The third kappa shape index (κ3) is 7.76. The molecular weight excluding hydrogens is 206 g/mol. The van der Waals surface area contributed by atoms with Crippen LogP contribution in [0.4, 0.5) is 0 Å². The van der Waals surface area contributed by atoms with Gasteiger partial charge in [0.15, 0.2) is 0 Å². The van der Waals surface area contributed by atoms with Crippen molar-refractivity contribution in [2.45, 2.75) is 54.5 Å². The number of benzene rings is 1. The quantitative estimate of drug-likeness (QED) is 0.760. The highest BCUT2D eigenvalue weighted by Crippen LogP contribution is 2.14. The van der Waals surface area contributed by atoms with Gasteiger partial charge in [0.05, 0.1) is 0 Å². The maximum Gasteiger partial charge on any atom is 0.0178 e. The zero-order valence-electron chi connectivity index (χ0n) is 12.4. The van der Waals surface area contributed by atoms with Crippen LogP contribution in [0.5, 0.6) is 0 Å². The summed E-state index contributed by atoms with van der Waals surface area (Å²) in [5.74, 6) is 0. The summed E-state index contributed by atoms with van der Waals surface area (Å²) in [6.45, 7) is 16.7. The van der Waals surface area contributed by atoms with Crippen LogP contribution in [0.3, 0.4) is 0 Å². The molecule has 1 rings (SSSR count). The van der Waals surface area contributed by atoms with Gasteiger partial charge >= 0.3 is 0 Å². The lowest BCUT2D eigenvalue weighted by molar-refractivity contribution is 1.05. The van der Waals surface area contributed by atoms with Gasteiger partial charge < -0.3 is 5.73 Å². The van der Waals surface area contributed by atoms with E-state index < -0.39 is 0 Å². The molecule has 0 saturated carbocycles. The van der Waals surface area contributed by atoms with Crippen LogP contribution in [0.1, 0.15) is 51.3 Å². The summed E-state index contributed by atoms with van der Waals surface area (Å²) in [7, 11) is 0. The molecule has 0 radical (unpaired) electrons.